The standard InChI is InChI=1S/C21H31N3O3S/c1-4-5-11-23(16-18-8-6-10-22(18)2)21(26)17-24(12-13-27-3)20(25)15-19-9-7-14-28-19/h6-10,14H,4-5,11-13,15-17H2,1-3H3. The van der Waals surface area contributed by atoms with Crippen molar-refractivity contribution in [2.24, 2.45) is 7.05 Å². The van der Waals surface area contributed by atoms with E-state index in [4.69, 9.17) is 4.74 Å². The monoisotopic (exact) mass is 405 g/mol. The molecule has 7 heteroatoms. The summed E-state index contributed by atoms with van der Waals surface area (Å²) in [5.74, 6) is -0.0626. The summed E-state index contributed by atoms with van der Waals surface area (Å²) in [5.41, 5.74) is 1.08. The molecular weight excluding hydrogens is 374 g/mol. The molecule has 2 aromatic heterocycles. The number of rotatable bonds is 12. The Balaban J connectivity index is 2.05. The molecule has 0 saturated heterocycles. The average Bonchev–Trinajstić information content (AvgIpc) is 3.33. The molecule has 0 aliphatic rings. The molecule has 0 aromatic carbocycles. The van der Waals surface area contributed by atoms with Crippen LogP contribution in [-0.2, 0) is 34.3 Å². The van der Waals surface area contributed by atoms with E-state index >= 15 is 0 Å². The zero-order valence-corrected chi connectivity index (χ0v) is 17.9. The van der Waals surface area contributed by atoms with Crippen LogP contribution in [0.3, 0.4) is 0 Å². The maximum absolute atomic E-state index is 13.1. The van der Waals surface area contributed by atoms with Crippen LogP contribution in [0, 0.1) is 0 Å². The molecular formula is C21H31N3O3S. The number of carbonyl (C=O) groups excluding carboxylic acids is 2. The number of nitrogens with zero attached hydrogens (tertiary/aromatic N) is 3. The lowest BCUT2D eigenvalue weighted by atomic mass is 10.2. The molecule has 0 N–H and O–H groups in total. The van der Waals surface area contributed by atoms with Crippen LogP contribution in [0.15, 0.2) is 35.8 Å². The highest BCUT2D eigenvalue weighted by Gasteiger charge is 2.22. The quantitative estimate of drug-likeness (QED) is 0.546. The number of thiophene rings is 1. The summed E-state index contributed by atoms with van der Waals surface area (Å²) in [7, 11) is 3.58. The SMILES string of the molecule is CCCCN(Cc1cccn1C)C(=O)CN(CCOC)C(=O)Cc1cccs1. The minimum Gasteiger partial charge on any atom is -0.383 e. The molecule has 154 valence electrons. The summed E-state index contributed by atoms with van der Waals surface area (Å²) < 4.78 is 7.17. The summed E-state index contributed by atoms with van der Waals surface area (Å²) in [5, 5.41) is 1.96. The molecule has 28 heavy (non-hydrogen) atoms. The minimum atomic E-state index is -0.0397. The summed E-state index contributed by atoms with van der Waals surface area (Å²) in [6, 6.07) is 7.89. The normalized spacial score (nSPS) is 10.8. The molecule has 0 saturated carbocycles. The molecule has 0 radical (unpaired) electrons. The first-order chi connectivity index (χ1) is 13.5. The Kier molecular flexibility index (Phi) is 9.23. The predicted octanol–water partition coefficient (Wildman–Crippen LogP) is 2.93. The summed E-state index contributed by atoms with van der Waals surface area (Å²) >= 11 is 1.56. The molecule has 0 atom stereocenters. The maximum Gasteiger partial charge on any atom is 0.242 e. The van der Waals surface area contributed by atoms with Gasteiger partial charge in [0, 0.05) is 44.0 Å². The van der Waals surface area contributed by atoms with Crippen LogP contribution in [-0.4, -0.2) is 59.5 Å². The second kappa shape index (κ2) is 11.7. The average molecular weight is 406 g/mol. The highest BCUT2D eigenvalue weighted by atomic mass is 32.1. The van der Waals surface area contributed by atoms with Gasteiger partial charge >= 0.3 is 0 Å². The minimum absolute atomic E-state index is 0.0229. The van der Waals surface area contributed by atoms with Crippen LogP contribution >= 0.6 is 11.3 Å². The Morgan fingerprint density at radius 1 is 1.14 bits per heavy atom. The van der Waals surface area contributed by atoms with Crippen LogP contribution in [0.2, 0.25) is 0 Å². The van der Waals surface area contributed by atoms with Gasteiger partial charge in [0.1, 0.15) is 0 Å². The van der Waals surface area contributed by atoms with Gasteiger partial charge in [-0.05, 0) is 30.0 Å². The van der Waals surface area contributed by atoms with Crippen molar-refractivity contribution in [2.45, 2.75) is 32.7 Å². The number of amides is 2. The van der Waals surface area contributed by atoms with Crippen LogP contribution in [0.1, 0.15) is 30.3 Å². The zero-order valence-electron chi connectivity index (χ0n) is 17.1. The fraction of sp³-hybridized carbons (Fsp3) is 0.524. The van der Waals surface area contributed by atoms with E-state index in [1.165, 1.54) is 0 Å². The molecule has 2 amide bonds. The lowest BCUT2D eigenvalue weighted by Gasteiger charge is -2.28. The van der Waals surface area contributed by atoms with Crippen molar-refractivity contribution in [3.8, 4) is 0 Å². The van der Waals surface area contributed by atoms with Gasteiger partial charge < -0.3 is 19.1 Å². The van der Waals surface area contributed by atoms with Gasteiger partial charge in [-0.1, -0.05) is 19.4 Å². The van der Waals surface area contributed by atoms with E-state index in [1.54, 1.807) is 23.3 Å². The third-order valence-corrected chi connectivity index (χ3v) is 5.56. The molecule has 0 aliphatic heterocycles. The molecule has 0 fully saturated rings. The number of aryl methyl sites for hydroxylation is 1. The number of carbonyl (C=O) groups is 2. The molecule has 6 nitrogen and oxygen atoms in total. The molecule has 2 rings (SSSR count). The summed E-state index contributed by atoms with van der Waals surface area (Å²) in [4.78, 5) is 30.3. The fourth-order valence-electron chi connectivity index (χ4n) is 2.93. The van der Waals surface area contributed by atoms with Gasteiger partial charge in [0.05, 0.1) is 26.1 Å². The van der Waals surface area contributed by atoms with Gasteiger partial charge in [-0.3, -0.25) is 9.59 Å². The summed E-state index contributed by atoms with van der Waals surface area (Å²) in [6.45, 7) is 4.27. The van der Waals surface area contributed by atoms with E-state index in [1.807, 2.05) is 52.4 Å². The van der Waals surface area contributed by atoms with Gasteiger partial charge in [0.25, 0.3) is 0 Å². The molecule has 2 aromatic rings. The third-order valence-electron chi connectivity index (χ3n) is 4.69. The molecule has 0 aliphatic carbocycles. The summed E-state index contributed by atoms with van der Waals surface area (Å²) in [6.07, 6.45) is 4.26. The second-order valence-corrected chi connectivity index (χ2v) is 7.88. The van der Waals surface area contributed by atoms with Crippen molar-refractivity contribution < 1.29 is 14.3 Å². The predicted molar refractivity (Wildman–Crippen MR) is 112 cm³/mol. The largest absolute Gasteiger partial charge is 0.383 e. The lowest BCUT2D eigenvalue weighted by Crippen LogP contribution is -2.44. The second-order valence-electron chi connectivity index (χ2n) is 6.84. The Morgan fingerprint density at radius 3 is 2.57 bits per heavy atom. The van der Waals surface area contributed by atoms with Crippen molar-refractivity contribution in [3.05, 3.63) is 46.4 Å². The van der Waals surface area contributed by atoms with Gasteiger partial charge in [0.2, 0.25) is 11.8 Å². The molecule has 0 unspecified atom stereocenters. The number of ether oxygens (including phenoxy) is 1. The van der Waals surface area contributed by atoms with E-state index in [0.717, 1.165) is 23.4 Å². The Labute approximate surface area is 171 Å². The lowest BCUT2D eigenvalue weighted by molar-refractivity contribution is -0.141. The van der Waals surface area contributed by atoms with Crippen LogP contribution in [0.25, 0.3) is 0 Å². The topological polar surface area (TPSA) is 54.8 Å². The van der Waals surface area contributed by atoms with Crippen LogP contribution in [0.4, 0.5) is 0 Å². The Hall–Kier alpha value is -2.12. The first kappa shape index (κ1) is 22.2. The van der Waals surface area contributed by atoms with Crippen molar-refractivity contribution in [3.63, 3.8) is 0 Å². The number of hydrogen-bond acceptors (Lipinski definition) is 4. The van der Waals surface area contributed by atoms with Gasteiger partial charge in [-0.25, -0.2) is 0 Å². The van der Waals surface area contributed by atoms with Crippen molar-refractivity contribution in [1.82, 2.24) is 14.4 Å². The number of methoxy groups -OCH3 is 1. The third kappa shape index (κ3) is 6.80. The van der Waals surface area contributed by atoms with Gasteiger partial charge in [-0.15, -0.1) is 11.3 Å². The molecule has 0 spiro atoms. The zero-order chi connectivity index (χ0) is 20.4. The van der Waals surface area contributed by atoms with E-state index in [0.29, 0.717) is 32.7 Å². The highest BCUT2D eigenvalue weighted by Crippen LogP contribution is 2.12. The van der Waals surface area contributed by atoms with Gasteiger partial charge in [0.15, 0.2) is 0 Å². The van der Waals surface area contributed by atoms with Crippen molar-refractivity contribution >= 4 is 23.2 Å². The maximum atomic E-state index is 13.1. The first-order valence-corrected chi connectivity index (χ1v) is 10.6. The number of unbranched alkanes of at least 4 members (excludes halogenated alkanes) is 1. The first-order valence-electron chi connectivity index (χ1n) is 9.72. The van der Waals surface area contributed by atoms with E-state index in [2.05, 4.69) is 6.92 Å². The Bertz CT molecular complexity index is 727. The number of aromatic nitrogens is 1. The van der Waals surface area contributed by atoms with Crippen molar-refractivity contribution in [1.29, 1.82) is 0 Å². The van der Waals surface area contributed by atoms with E-state index in [9.17, 15) is 9.59 Å². The van der Waals surface area contributed by atoms with Gasteiger partial charge in [-0.2, -0.15) is 0 Å². The number of hydrogen-bond donors (Lipinski definition) is 0. The smallest absolute Gasteiger partial charge is 0.242 e. The molecule has 2 heterocycles. The fourth-order valence-corrected chi connectivity index (χ4v) is 3.62. The van der Waals surface area contributed by atoms with Crippen LogP contribution in [0.5, 0.6) is 0 Å². The van der Waals surface area contributed by atoms with E-state index in [-0.39, 0.29) is 18.4 Å². The van der Waals surface area contributed by atoms with Crippen LogP contribution < -0.4 is 0 Å². The molecule has 0 bridgehead atoms. The van der Waals surface area contributed by atoms with E-state index < -0.39 is 0 Å². The highest BCUT2D eigenvalue weighted by molar-refractivity contribution is 7.10. The van der Waals surface area contributed by atoms with Crippen molar-refractivity contribution in [2.75, 3.05) is 33.4 Å². The Morgan fingerprint density at radius 2 is 1.96 bits per heavy atom.